The maximum absolute atomic E-state index is 12.7. The fourth-order valence-corrected chi connectivity index (χ4v) is 2.23. The van der Waals surface area contributed by atoms with Crippen LogP contribution >= 0.6 is 0 Å². The van der Waals surface area contributed by atoms with Gasteiger partial charge in [0.2, 0.25) is 0 Å². The first kappa shape index (κ1) is 13.7. The second kappa shape index (κ2) is 4.75. The molecular formula is C13H16F3N3. The maximum atomic E-state index is 12.7. The third kappa shape index (κ3) is 3.19. The lowest BCUT2D eigenvalue weighted by Gasteiger charge is -2.29. The van der Waals surface area contributed by atoms with Crippen LogP contribution in [0.4, 0.5) is 18.9 Å². The molecule has 0 saturated heterocycles. The van der Waals surface area contributed by atoms with Crippen LogP contribution < -0.4 is 10.6 Å². The molecule has 19 heavy (non-hydrogen) atoms. The molecule has 1 aliphatic carbocycles. The van der Waals surface area contributed by atoms with E-state index >= 15 is 0 Å². The van der Waals surface area contributed by atoms with Crippen molar-refractivity contribution in [1.29, 1.82) is 5.41 Å². The third-order valence-corrected chi connectivity index (χ3v) is 3.15. The van der Waals surface area contributed by atoms with Crippen molar-refractivity contribution >= 4 is 11.5 Å². The fraction of sp³-hybridized carbons (Fsp3) is 0.462. The van der Waals surface area contributed by atoms with E-state index in [1.54, 1.807) is 25.1 Å². The van der Waals surface area contributed by atoms with Crippen molar-refractivity contribution in [2.75, 3.05) is 11.4 Å². The number of benzene rings is 1. The average molecular weight is 271 g/mol. The molecule has 1 saturated carbocycles. The number of rotatable bonds is 4. The van der Waals surface area contributed by atoms with E-state index in [-0.39, 0.29) is 11.9 Å². The quantitative estimate of drug-likeness (QED) is 0.653. The Kier molecular flexibility index (Phi) is 3.43. The highest BCUT2D eigenvalue weighted by molar-refractivity contribution is 6.01. The standard InChI is InChI=1S/C13H16F3N3/c1-8-3-2-4-10(12(17)18)11(8)19(9-5-6-9)7-13(14,15)16/h2-4,9H,5-7H2,1H3,(H3,17,18). The van der Waals surface area contributed by atoms with E-state index < -0.39 is 12.7 Å². The van der Waals surface area contributed by atoms with Gasteiger partial charge in [-0.3, -0.25) is 5.41 Å². The summed E-state index contributed by atoms with van der Waals surface area (Å²) in [4.78, 5) is 1.34. The van der Waals surface area contributed by atoms with Gasteiger partial charge in [-0.2, -0.15) is 13.2 Å². The van der Waals surface area contributed by atoms with Crippen molar-refractivity contribution in [3.63, 3.8) is 0 Å². The number of nitrogens with one attached hydrogen (secondary N) is 1. The maximum Gasteiger partial charge on any atom is 0.405 e. The molecule has 1 aromatic carbocycles. The number of nitrogens with zero attached hydrogens (tertiary/aromatic N) is 1. The van der Waals surface area contributed by atoms with Gasteiger partial charge >= 0.3 is 6.18 Å². The first-order chi connectivity index (χ1) is 8.79. The van der Waals surface area contributed by atoms with Crippen molar-refractivity contribution in [3.05, 3.63) is 29.3 Å². The largest absolute Gasteiger partial charge is 0.405 e. The molecule has 3 nitrogen and oxygen atoms in total. The highest BCUT2D eigenvalue weighted by Crippen LogP contribution is 2.37. The van der Waals surface area contributed by atoms with Gasteiger partial charge in [0.05, 0.1) is 5.69 Å². The molecule has 0 radical (unpaired) electrons. The van der Waals surface area contributed by atoms with Gasteiger partial charge in [0.15, 0.2) is 0 Å². The number of hydrogen-bond donors (Lipinski definition) is 2. The van der Waals surface area contributed by atoms with Crippen molar-refractivity contribution in [1.82, 2.24) is 0 Å². The number of nitrogen functional groups attached to an aromatic ring is 1. The summed E-state index contributed by atoms with van der Waals surface area (Å²) >= 11 is 0. The topological polar surface area (TPSA) is 53.1 Å². The highest BCUT2D eigenvalue weighted by atomic mass is 19.4. The average Bonchev–Trinajstić information content (AvgIpc) is 3.08. The summed E-state index contributed by atoms with van der Waals surface area (Å²) < 4.78 is 38.2. The zero-order valence-electron chi connectivity index (χ0n) is 10.6. The van der Waals surface area contributed by atoms with Crippen molar-refractivity contribution in [3.8, 4) is 0 Å². The van der Waals surface area contributed by atoms with E-state index in [4.69, 9.17) is 11.1 Å². The van der Waals surface area contributed by atoms with E-state index in [9.17, 15) is 13.2 Å². The third-order valence-electron chi connectivity index (χ3n) is 3.15. The van der Waals surface area contributed by atoms with Gasteiger partial charge in [0, 0.05) is 11.6 Å². The number of amidine groups is 1. The Morgan fingerprint density at radius 2 is 2.05 bits per heavy atom. The number of halogens is 3. The summed E-state index contributed by atoms with van der Waals surface area (Å²) in [6.07, 6.45) is -2.76. The van der Waals surface area contributed by atoms with Crippen LogP contribution in [0.3, 0.4) is 0 Å². The van der Waals surface area contributed by atoms with E-state index in [0.29, 0.717) is 16.8 Å². The fourth-order valence-electron chi connectivity index (χ4n) is 2.23. The Morgan fingerprint density at radius 1 is 1.42 bits per heavy atom. The van der Waals surface area contributed by atoms with E-state index in [1.165, 1.54) is 4.90 Å². The molecule has 0 aliphatic heterocycles. The molecule has 0 atom stereocenters. The SMILES string of the molecule is Cc1cccc(C(=N)N)c1N(CC(F)(F)F)C1CC1. The molecule has 0 heterocycles. The van der Waals surface area contributed by atoms with Gasteiger partial charge in [0.1, 0.15) is 12.4 Å². The van der Waals surface area contributed by atoms with Crippen LogP contribution in [-0.4, -0.2) is 24.6 Å². The molecule has 0 bridgehead atoms. The molecule has 0 unspecified atom stereocenters. The van der Waals surface area contributed by atoms with E-state index in [1.807, 2.05) is 0 Å². The molecule has 0 aromatic heterocycles. The molecule has 0 amide bonds. The number of hydrogen-bond acceptors (Lipinski definition) is 2. The van der Waals surface area contributed by atoms with Gasteiger partial charge in [-0.05, 0) is 31.4 Å². The number of para-hydroxylation sites is 1. The summed E-state index contributed by atoms with van der Waals surface area (Å²) in [5.74, 6) is -0.202. The predicted molar refractivity (Wildman–Crippen MR) is 68.6 cm³/mol. The number of nitrogens with two attached hydrogens (primary N) is 1. The van der Waals surface area contributed by atoms with Gasteiger partial charge < -0.3 is 10.6 Å². The van der Waals surface area contributed by atoms with Gasteiger partial charge in [-0.15, -0.1) is 0 Å². The number of alkyl halides is 3. The Bertz CT molecular complexity index is 492. The molecule has 104 valence electrons. The smallest absolute Gasteiger partial charge is 0.384 e. The molecular weight excluding hydrogens is 255 g/mol. The molecule has 2 rings (SSSR count). The lowest BCUT2D eigenvalue weighted by Crippen LogP contribution is -2.37. The van der Waals surface area contributed by atoms with Crippen LogP contribution in [-0.2, 0) is 0 Å². The summed E-state index contributed by atoms with van der Waals surface area (Å²) in [6.45, 7) is 0.746. The summed E-state index contributed by atoms with van der Waals surface area (Å²) in [5, 5.41) is 7.53. The zero-order valence-corrected chi connectivity index (χ0v) is 10.6. The van der Waals surface area contributed by atoms with Gasteiger partial charge in [-0.1, -0.05) is 12.1 Å². The van der Waals surface area contributed by atoms with Gasteiger partial charge in [-0.25, -0.2) is 0 Å². The lowest BCUT2D eigenvalue weighted by atomic mass is 10.1. The molecule has 6 heteroatoms. The lowest BCUT2D eigenvalue weighted by molar-refractivity contribution is -0.120. The van der Waals surface area contributed by atoms with Crippen LogP contribution in [0, 0.1) is 12.3 Å². The minimum atomic E-state index is -4.26. The van der Waals surface area contributed by atoms with Crippen molar-refractivity contribution in [2.45, 2.75) is 32.0 Å². The highest BCUT2D eigenvalue weighted by Gasteiger charge is 2.39. The van der Waals surface area contributed by atoms with Crippen LogP contribution in [0.1, 0.15) is 24.0 Å². The second-order valence-corrected chi connectivity index (χ2v) is 4.86. The number of anilines is 1. The van der Waals surface area contributed by atoms with E-state index in [2.05, 4.69) is 0 Å². The van der Waals surface area contributed by atoms with Crippen LogP contribution in [0.5, 0.6) is 0 Å². The zero-order chi connectivity index (χ0) is 14.2. The minimum Gasteiger partial charge on any atom is -0.384 e. The number of aryl methyl sites for hydroxylation is 1. The first-order valence-electron chi connectivity index (χ1n) is 6.07. The second-order valence-electron chi connectivity index (χ2n) is 4.86. The van der Waals surface area contributed by atoms with Crippen LogP contribution in [0.25, 0.3) is 0 Å². The Hall–Kier alpha value is -1.72. The Morgan fingerprint density at radius 3 is 2.53 bits per heavy atom. The molecule has 3 N–H and O–H groups in total. The Balaban J connectivity index is 2.44. The minimum absolute atomic E-state index is 0.0965. The monoisotopic (exact) mass is 271 g/mol. The Labute approximate surface area is 109 Å². The summed E-state index contributed by atoms with van der Waals surface area (Å²) in [5.41, 5.74) is 7.00. The van der Waals surface area contributed by atoms with Crippen LogP contribution in [0.15, 0.2) is 18.2 Å². The molecule has 0 spiro atoms. The van der Waals surface area contributed by atoms with Crippen molar-refractivity contribution < 1.29 is 13.2 Å². The predicted octanol–water partition coefficient (Wildman–Crippen LogP) is 2.81. The van der Waals surface area contributed by atoms with E-state index in [0.717, 1.165) is 12.8 Å². The molecule has 1 aliphatic rings. The molecule has 1 fully saturated rings. The van der Waals surface area contributed by atoms with Crippen LogP contribution in [0.2, 0.25) is 0 Å². The first-order valence-corrected chi connectivity index (χ1v) is 6.07. The normalized spacial score (nSPS) is 15.4. The van der Waals surface area contributed by atoms with Gasteiger partial charge in [0.25, 0.3) is 0 Å². The summed E-state index contributed by atoms with van der Waals surface area (Å²) in [6, 6.07) is 4.94. The van der Waals surface area contributed by atoms with Crippen molar-refractivity contribution in [2.24, 2.45) is 5.73 Å². The molecule has 1 aromatic rings. The summed E-state index contributed by atoms with van der Waals surface area (Å²) in [7, 11) is 0.